The van der Waals surface area contributed by atoms with Crippen molar-refractivity contribution >= 4 is 11.5 Å². The van der Waals surface area contributed by atoms with Crippen LogP contribution in [0.3, 0.4) is 0 Å². The van der Waals surface area contributed by atoms with Crippen LogP contribution in [0.2, 0.25) is 0 Å². The molecule has 0 heterocycles. The Morgan fingerprint density at radius 3 is 2.59 bits per heavy atom. The molecule has 0 aromatic heterocycles. The van der Waals surface area contributed by atoms with Gasteiger partial charge in [0.2, 0.25) is 0 Å². The summed E-state index contributed by atoms with van der Waals surface area (Å²) in [4.78, 5) is 11.1. The van der Waals surface area contributed by atoms with Crippen molar-refractivity contribution in [2.75, 3.05) is 6.67 Å². The number of carboxylic acid groups (broad SMARTS) is 1. The highest BCUT2D eigenvalue weighted by atomic mass is 19.1. The third-order valence-corrected chi connectivity index (χ3v) is 4.37. The second-order valence-electron chi connectivity index (χ2n) is 6.64. The Bertz CT molecular complexity index is 921. The van der Waals surface area contributed by atoms with E-state index < -0.39 is 18.7 Å². The number of para-hydroxylation sites is 1. The number of allylic oxidation sites excluding steroid dienone is 4. The summed E-state index contributed by atoms with van der Waals surface area (Å²) in [6.07, 6.45) is 1.92. The van der Waals surface area contributed by atoms with E-state index in [0.717, 1.165) is 0 Å². The molecule has 0 aliphatic rings. The van der Waals surface area contributed by atoms with Gasteiger partial charge in [0.05, 0.1) is 18.2 Å². The molecule has 0 aliphatic carbocycles. The van der Waals surface area contributed by atoms with E-state index in [1.807, 2.05) is 6.92 Å². The van der Waals surface area contributed by atoms with Crippen molar-refractivity contribution in [2.45, 2.75) is 32.7 Å². The first-order valence-corrected chi connectivity index (χ1v) is 9.35. The number of halogens is 1. The summed E-state index contributed by atoms with van der Waals surface area (Å²) >= 11 is 0. The van der Waals surface area contributed by atoms with Gasteiger partial charge in [-0.15, -0.1) is 0 Å². The molecule has 2 aromatic carbocycles. The highest BCUT2D eigenvalue weighted by Crippen LogP contribution is 2.27. The second-order valence-corrected chi connectivity index (χ2v) is 6.64. The van der Waals surface area contributed by atoms with Crippen LogP contribution in [0.4, 0.5) is 4.39 Å². The van der Waals surface area contributed by atoms with E-state index in [4.69, 9.17) is 15.6 Å². The van der Waals surface area contributed by atoms with E-state index in [1.165, 1.54) is 0 Å². The third-order valence-electron chi connectivity index (χ3n) is 4.37. The van der Waals surface area contributed by atoms with Gasteiger partial charge in [0, 0.05) is 17.6 Å². The maximum atomic E-state index is 13.0. The smallest absolute Gasteiger partial charge is 0.307 e. The fourth-order valence-electron chi connectivity index (χ4n) is 2.87. The highest BCUT2D eigenvalue weighted by Gasteiger charge is 2.12. The van der Waals surface area contributed by atoms with Crippen LogP contribution in [0.15, 0.2) is 66.1 Å². The zero-order valence-electron chi connectivity index (χ0n) is 16.6. The average molecular weight is 399 g/mol. The Kier molecular flexibility index (Phi) is 7.98. The first-order valence-electron chi connectivity index (χ1n) is 9.35. The van der Waals surface area contributed by atoms with Crippen LogP contribution in [0.1, 0.15) is 43.0 Å². The number of aliphatic carboxylic acids is 1. The molecule has 2 rings (SSSR count). The minimum Gasteiger partial charge on any atom is -0.512 e. The molecule has 2 aromatic rings. The Morgan fingerprint density at radius 1 is 1.21 bits per heavy atom. The number of ether oxygens (including phenoxy) is 1. The zero-order chi connectivity index (χ0) is 21.4. The first kappa shape index (κ1) is 22.2. The van der Waals surface area contributed by atoms with Crippen molar-refractivity contribution in [1.82, 2.24) is 0 Å². The van der Waals surface area contributed by atoms with Crippen LogP contribution in [0.25, 0.3) is 5.57 Å². The summed E-state index contributed by atoms with van der Waals surface area (Å²) in [5.41, 5.74) is 8.19. The van der Waals surface area contributed by atoms with Gasteiger partial charge in [-0.05, 0) is 36.3 Å². The van der Waals surface area contributed by atoms with E-state index in [-0.39, 0.29) is 12.2 Å². The topological polar surface area (TPSA) is 92.8 Å². The summed E-state index contributed by atoms with van der Waals surface area (Å²) in [6, 6.07) is 13.2. The number of aliphatic hydroxyl groups is 1. The molecule has 0 bridgehead atoms. The van der Waals surface area contributed by atoms with Crippen LogP contribution in [0.5, 0.6) is 5.75 Å². The number of nitrogens with two attached hydrogens (primary N) is 1. The molecule has 154 valence electrons. The monoisotopic (exact) mass is 399 g/mol. The van der Waals surface area contributed by atoms with Crippen molar-refractivity contribution in [3.63, 3.8) is 0 Å². The van der Waals surface area contributed by atoms with Gasteiger partial charge >= 0.3 is 5.97 Å². The van der Waals surface area contributed by atoms with Gasteiger partial charge in [0.1, 0.15) is 18.2 Å². The molecule has 0 amide bonds. The number of carbonyl (C=O) groups is 1. The summed E-state index contributed by atoms with van der Waals surface area (Å²) in [5.74, 6) is 0.107. The van der Waals surface area contributed by atoms with Crippen molar-refractivity contribution in [2.24, 2.45) is 5.73 Å². The lowest BCUT2D eigenvalue weighted by Gasteiger charge is -2.14. The van der Waals surface area contributed by atoms with E-state index in [9.17, 15) is 14.3 Å². The molecule has 0 radical (unpaired) electrons. The molecule has 0 aliphatic heterocycles. The van der Waals surface area contributed by atoms with Crippen LogP contribution in [0, 0.1) is 0 Å². The van der Waals surface area contributed by atoms with Gasteiger partial charge < -0.3 is 20.7 Å². The summed E-state index contributed by atoms with van der Waals surface area (Å²) in [6.45, 7) is 2.86. The average Bonchev–Trinajstić information content (AvgIpc) is 2.72. The van der Waals surface area contributed by atoms with E-state index in [2.05, 4.69) is 0 Å². The van der Waals surface area contributed by atoms with Crippen LogP contribution in [-0.2, 0) is 11.2 Å². The number of hydrogen-bond acceptors (Lipinski definition) is 4. The predicted molar refractivity (Wildman–Crippen MR) is 111 cm³/mol. The van der Waals surface area contributed by atoms with Gasteiger partial charge in [-0.2, -0.15) is 0 Å². The molecule has 5 nitrogen and oxygen atoms in total. The van der Waals surface area contributed by atoms with Crippen LogP contribution >= 0.6 is 0 Å². The van der Waals surface area contributed by atoms with Crippen LogP contribution in [-0.4, -0.2) is 22.9 Å². The minimum absolute atomic E-state index is 0.151. The standard InChI is InChI=1S/C23H26FNO4/c1-3-21(26)19(16-8-6-9-17(12-16)20(25)14-24)11-15(2)29-22-10-5-4-7-18(22)13-23(27)28/h4-12,20,26H,3,13-14,25H2,1-2H3,(H,27,28)/b15-11+,21-19-. The van der Waals surface area contributed by atoms with Gasteiger partial charge in [-0.3, -0.25) is 4.79 Å². The molecular formula is C23H26FNO4. The zero-order valence-corrected chi connectivity index (χ0v) is 16.6. The lowest BCUT2D eigenvalue weighted by atomic mass is 9.98. The van der Waals surface area contributed by atoms with Gasteiger partial charge in [0.15, 0.2) is 0 Å². The van der Waals surface area contributed by atoms with Gasteiger partial charge in [0.25, 0.3) is 0 Å². The molecular weight excluding hydrogens is 373 g/mol. The van der Waals surface area contributed by atoms with Crippen molar-refractivity contribution in [1.29, 1.82) is 0 Å². The lowest BCUT2D eigenvalue weighted by molar-refractivity contribution is -0.136. The summed E-state index contributed by atoms with van der Waals surface area (Å²) in [5, 5.41) is 19.5. The Balaban J connectivity index is 2.39. The fourth-order valence-corrected chi connectivity index (χ4v) is 2.87. The highest BCUT2D eigenvalue weighted by molar-refractivity contribution is 5.76. The molecule has 0 saturated heterocycles. The minimum atomic E-state index is -0.951. The number of carboxylic acids is 1. The van der Waals surface area contributed by atoms with Crippen molar-refractivity contribution in [3.05, 3.63) is 82.8 Å². The second kappa shape index (κ2) is 10.4. The molecule has 29 heavy (non-hydrogen) atoms. The lowest BCUT2D eigenvalue weighted by Crippen LogP contribution is -2.12. The Hall–Kier alpha value is -3.12. The molecule has 0 fully saturated rings. The predicted octanol–water partition coefficient (Wildman–Crippen LogP) is 4.94. The summed E-state index contributed by atoms with van der Waals surface area (Å²) in [7, 11) is 0. The molecule has 0 spiro atoms. The van der Waals surface area contributed by atoms with Crippen molar-refractivity contribution in [3.8, 4) is 5.75 Å². The summed E-state index contributed by atoms with van der Waals surface area (Å²) < 4.78 is 18.8. The van der Waals surface area contributed by atoms with Crippen molar-refractivity contribution < 1.29 is 24.1 Å². The van der Waals surface area contributed by atoms with Gasteiger partial charge in [-0.1, -0.05) is 43.3 Å². The van der Waals surface area contributed by atoms with Gasteiger partial charge in [-0.25, -0.2) is 4.39 Å². The van der Waals surface area contributed by atoms with E-state index in [0.29, 0.717) is 40.2 Å². The fraction of sp³-hybridized carbons (Fsp3) is 0.261. The number of alkyl halides is 1. The number of benzene rings is 2. The molecule has 0 saturated carbocycles. The molecule has 4 N–H and O–H groups in total. The van der Waals surface area contributed by atoms with E-state index in [1.54, 1.807) is 61.5 Å². The quantitative estimate of drug-likeness (QED) is 0.410. The van der Waals surface area contributed by atoms with E-state index >= 15 is 0 Å². The molecule has 1 unspecified atom stereocenters. The normalized spacial score (nSPS) is 13.6. The maximum Gasteiger partial charge on any atom is 0.307 e. The van der Waals surface area contributed by atoms with Crippen LogP contribution < -0.4 is 10.5 Å². The largest absolute Gasteiger partial charge is 0.512 e. The molecule has 1 atom stereocenters. The Labute approximate surface area is 169 Å². The number of aliphatic hydroxyl groups excluding tert-OH is 1. The first-order chi connectivity index (χ1) is 13.8. The SMILES string of the molecule is CC/C(O)=C(\C=C(/C)Oc1ccccc1CC(=O)O)c1cccc(C(N)CF)c1. The Morgan fingerprint density at radius 2 is 1.93 bits per heavy atom. The maximum absolute atomic E-state index is 13.0. The number of rotatable bonds is 9. The molecule has 6 heteroatoms. The number of hydrogen-bond donors (Lipinski definition) is 3. The third kappa shape index (κ3) is 6.19.